The van der Waals surface area contributed by atoms with Crippen molar-refractivity contribution in [3.8, 4) is 0 Å². The summed E-state index contributed by atoms with van der Waals surface area (Å²) in [6.07, 6.45) is 6.67. The van der Waals surface area contributed by atoms with E-state index >= 15 is 0 Å². The van der Waals surface area contributed by atoms with Gasteiger partial charge in [0.05, 0.1) is 5.52 Å². The Kier molecular flexibility index (Phi) is 5.35. The normalized spacial score (nSPS) is 16.4. The molecule has 0 aliphatic rings. The van der Waals surface area contributed by atoms with Crippen molar-refractivity contribution in [2.75, 3.05) is 0 Å². The molecular weight excluding hydrogens is 408 g/mol. The summed E-state index contributed by atoms with van der Waals surface area (Å²) in [4.78, 5) is 0. The Labute approximate surface area is 194 Å². The summed E-state index contributed by atoms with van der Waals surface area (Å²) in [5.74, 6) is 0.228. The zero-order valence-electron chi connectivity index (χ0n) is 19.4. The van der Waals surface area contributed by atoms with Crippen LogP contribution < -0.4 is 5.73 Å². The average molecular weight is 441 g/mol. The van der Waals surface area contributed by atoms with Crippen LogP contribution in [0.15, 0.2) is 72.8 Å². The number of hydrogen-bond acceptors (Lipinski definition) is 2. The van der Waals surface area contributed by atoms with Gasteiger partial charge >= 0.3 is 0 Å². The number of para-hydroxylation sites is 1. The van der Waals surface area contributed by atoms with Crippen LogP contribution in [0.25, 0.3) is 42.0 Å². The lowest BCUT2D eigenvalue weighted by Crippen LogP contribution is -2.45. The molecule has 0 spiro atoms. The minimum absolute atomic E-state index is 0.0531. The Hall–Kier alpha value is -2.62. The topological polar surface area (TPSA) is 30.9 Å². The number of rotatable bonds is 6. The number of fused-ring (bicyclic) bond motifs is 7. The Morgan fingerprint density at radius 3 is 2.38 bits per heavy atom. The van der Waals surface area contributed by atoms with E-state index in [9.17, 15) is 0 Å². The molecule has 0 bridgehead atoms. The summed E-state index contributed by atoms with van der Waals surface area (Å²) < 4.78 is 5.33. The minimum Gasteiger partial charge on any atom is -0.333 e. The molecule has 5 aromatic rings. The van der Waals surface area contributed by atoms with Gasteiger partial charge in [0.25, 0.3) is 0 Å². The first-order valence-corrected chi connectivity index (χ1v) is 12.6. The molecule has 2 heterocycles. The zero-order chi connectivity index (χ0) is 22.5. The monoisotopic (exact) mass is 440 g/mol. The van der Waals surface area contributed by atoms with E-state index in [1.54, 1.807) is 0 Å². The van der Waals surface area contributed by atoms with Crippen molar-refractivity contribution in [1.29, 1.82) is 0 Å². The molecule has 32 heavy (non-hydrogen) atoms. The molecule has 0 radical (unpaired) electrons. The summed E-state index contributed by atoms with van der Waals surface area (Å²) in [7, 11) is 0. The van der Waals surface area contributed by atoms with Crippen molar-refractivity contribution in [1.82, 2.24) is 4.57 Å². The third-order valence-electron chi connectivity index (χ3n) is 7.27. The highest BCUT2D eigenvalue weighted by Crippen LogP contribution is 2.46. The van der Waals surface area contributed by atoms with Crippen molar-refractivity contribution in [2.45, 2.75) is 52.1 Å². The van der Waals surface area contributed by atoms with Crippen LogP contribution in [0.2, 0.25) is 0 Å². The lowest BCUT2D eigenvalue weighted by molar-refractivity contribution is 0.211. The van der Waals surface area contributed by atoms with E-state index in [0.717, 1.165) is 12.8 Å². The lowest BCUT2D eigenvalue weighted by atomic mass is 9.78. The summed E-state index contributed by atoms with van der Waals surface area (Å²) in [6.45, 7) is 9.06. The molecule has 3 atom stereocenters. The van der Waals surface area contributed by atoms with Crippen LogP contribution in [0, 0.1) is 5.92 Å². The molecule has 0 aliphatic carbocycles. The van der Waals surface area contributed by atoms with E-state index < -0.39 is 0 Å². The van der Waals surface area contributed by atoms with Crippen LogP contribution in [0.4, 0.5) is 0 Å². The highest BCUT2D eigenvalue weighted by Gasteiger charge is 2.37. The molecular formula is C29H32N2S. The maximum absolute atomic E-state index is 6.65. The molecule has 0 aliphatic heterocycles. The van der Waals surface area contributed by atoms with Gasteiger partial charge in [0, 0.05) is 54.0 Å². The van der Waals surface area contributed by atoms with Crippen molar-refractivity contribution >= 4 is 53.3 Å². The maximum atomic E-state index is 6.65. The minimum atomic E-state index is -0.154. The Balaban J connectivity index is 1.99. The molecule has 0 fully saturated rings. The van der Waals surface area contributed by atoms with Crippen LogP contribution >= 0.6 is 11.3 Å². The van der Waals surface area contributed by atoms with Gasteiger partial charge in [-0.05, 0) is 44.9 Å². The maximum Gasteiger partial charge on any atom is 0.0591 e. The largest absolute Gasteiger partial charge is 0.333 e. The molecule has 2 N–H and O–H groups in total. The predicted octanol–water partition coefficient (Wildman–Crippen LogP) is 8.22. The van der Waals surface area contributed by atoms with Crippen LogP contribution in [0.1, 0.15) is 40.5 Å². The summed E-state index contributed by atoms with van der Waals surface area (Å²) >= 11 is 1.89. The number of benzene rings is 3. The fourth-order valence-electron chi connectivity index (χ4n) is 5.57. The number of aromatic nitrogens is 1. The predicted molar refractivity (Wildman–Crippen MR) is 143 cm³/mol. The second-order valence-electron chi connectivity index (χ2n) is 9.22. The van der Waals surface area contributed by atoms with E-state index in [1.807, 2.05) is 11.3 Å². The number of allylic oxidation sites excluding steroid dienone is 1. The quantitative estimate of drug-likeness (QED) is 0.265. The smallest absolute Gasteiger partial charge is 0.0591 e. The molecule has 0 amide bonds. The Morgan fingerprint density at radius 1 is 0.938 bits per heavy atom. The van der Waals surface area contributed by atoms with Crippen molar-refractivity contribution < 1.29 is 0 Å². The average Bonchev–Trinajstić information content (AvgIpc) is 3.34. The number of nitrogens with two attached hydrogens (primary N) is 1. The van der Waals surface area contributed by atoms with Crippen LogP contribution in [0.3, 0.4) is 0 Å². The van der Waals surface area contributed by atoms with Gasteiger partial charge < -0.3 is 10.3 Å². The van der Waals surface area contributed by atoms with Crippen LogP contribution in [-0.2, 0) is 5.54 Å². The van der Waals surface area contributed by atoms with Crippen molar-refractivity contribution in [3.63, 3.8) is 0 Å². The van der Waals surface area contributed by atoms with Gasteiger partial charge in [-0.3, -0.25) is 0 Å². The van der Waals surface area contributed by atoms with Crippen LogP contribution in [0.5, 0.6) is 0 Å². The second kappa shape index (κ2) is 8.06. The Bertz CT molecular complexity index is 1450. The first kappa shape index (κ1) is 21.2. The van der Waals surface area contributed by atoms with E-state index in [-0.39, 0.29) is 17.5 Å². The number of thiophene rings is 1. The van der Waals surface area contributed by atoms with E-state index in [1.165, 1.54) is 42.0 Å². The van der Waals surface area contributed by atoms with Gasteiger partial charge in [-0.15, -0.1) is 11.3 Å². The van der Waals surface area contributed by atoms with Crippen molar-refractivity contribution in [3.05, 3.63) is 72.8 Å². The number of hydrogen-bond donors (Lipinski definition) is 1. The van der Waals surface area contributed by atoms with Gasteiger partial charge in [0.1, 0.15) is 0 Å². The fraction of sp³-hybridized carbons (Fsp3) is 0.310. The Morgan fingerprint density at radius 2 is 1.66 bits per heavy atom. The van der Waals surface area contributed by atoms with Gasteiger partial charge in [0.2, 0.25) is 0 Å². The first-order valence-electron chi connectivity index (χ1n) is 11.8. The molecule has 0 saturated heterocycles. The van der Waals surface area contributed by atoms with Gasteiger partial charge in [-0.1, -0.05) is 68.5 Å². The van der Waals surface area contributed by atoms with Crippen molar-refractivity contribution in [2.24, 2.45) is 11.7 Å². The van der Waals surface area contributed by atoms with Gasteiger partial charge in [0.15, 0.2) is 0 Å². The molecule has 2 aromatic heterocycles. The van der Waals surface area contributed by atoms with Gasteiger partial charge in [-0.2, -0.15) is 0 Å². The molecule has 3 aromatic carbocycles. The third kappa shape index (κ3) is 3.02. The fourth-order valence-corrected chi connectivity index (χ4v) is 6.68. The van der Waals surface area contributed by atoms with E-state index in [0.29, 0.717) is 0 Å². The van der Waals surface area contributed by atoms with E-state index in [2.05, 4.69) is 105 Å². The zero-order valence-corrected chi connectivity index (χ0v) is 20.2. The molecule has 5 rings (SSSR count). The molecule has 2 unspecified atom stereocenters. The second-order valence-corrected chi connectivity index (χ2v) is 10.3. The highest BCUT2D eigenvalue weighted by atomic mass is 32.1. The summed E-state index contributed by atoms with van der Waals surface area (Å²) in [6, 6.07) is 22.4. The molecule has 3 heteroatoms. The first-order chi connectivity index (χ1) is 15.5. The molecule has 2 nitrogen and oxygen atoms in total. The van der Waals surface area contributed by atoms with Crippen LogP contribution in [-0.4, -0.2) is 10.6 Å². The highest BCUT2D eigenvalue weighted by molar-refractivity contribution is 7.26. The van der Waals surface area contributed by atoms with Gasteiger partial charge in [-0.25, -0.2) is 0 Å². The summed E-state index contributed by atoms with van der Waals surface area (Å²) in [5.41, 5.74) is 9.14. The summed E-state index contributed by atoms with van der Waals surface area (Å²) in [5, 5.41) is 5.38. The SMILES string of the molecule is CC/C=C\C([C@@H](C)N)C(C)(CC)n1c2ccccc2c2ccc3sc4ccccc4c3c21. The number of nitrogens with zero attached hydrogens (tertiary/aromatic N) is 1. The lowest BCUT2D eigenvalue weighted by Gasteiger charge is -2.41. The molecule has 164 valence electrons. The standard InChI is InChI=1S/C29H32N2S/c1-5-7-14-23(19(3)30)29(4,6-2)31-24-15-10-8-12-20(24)21-17-18-26-27(28(21)31)22-13-9-11-16-25(22)32-26/h7-19,23H,5-6,30H2,1-4H3/b14-7-/t19-,23?,29?/m1/s1. The molecule has 0 saturated carbocycles. The van der Waals surface area contributed by atoms with E-state index in [4.69, 9.17) is 5.73 Å². The third-order valence-corrected chi connectivity index (χ3v) is 8.40.